The predicted octanol–water partition coefficient (Wildman–Crippen LogP) is 3.95. The van der Waals surface area contributed by atoms with E-state index in [1.54, 1.807) is 7.11 Å². The molecule has 0 saturated carbocycles. The Kier molecular flexibility index (Phi) is 6.20. The van der Waals surface area contributed by atoms with E-state index < -0.39 is 0 Å². The summed E-state index contributed by atoms with van der Waals surface area (Å²) >= 11 is 0. The summed E-state index contributed by atoms with van der Waals surface area (Å²) in [4.78, 5) is 16.6. The first-order valence-electron chi connectivity index (χ1n) is 8.97. The number of methoxy groups -OCH3 is 1. The fourth-order valence-corrected chi connectivity index (χ4v) is 2.88. The van der Waals surface area contributed by atoms with Gasteiger partial charge in [0.05, 0.1) is 13.2 Å². The molecular weight excluding hydrogens is 342 g/mol. The molecule has 6 heteroatoms. The average molecular weight is 365 g/mol. The molecule has 0 bridgehead atoms. The molecule has 1 unspecified atom stereocenters. The first kappa shape index (κ1) is 18.6. The van der Waals surface area contributed by atoms with E-state index in [0.717, 1.165) is 16.9 Å². The normalized spacial score (nSPS) is 11.8. The quantitative estimate of drug-likeness (QED) is 0.654. The number of ether oxygens (including phenoxy) is 1. The molecule has 3 aromatic rings. The maximum atomic E-state index is 12.2. The third-order valence-electron chi connectivity index (χ3n) is 4.28. The number of para-hydroxylation sites is 1. The topological polar surface area (TPSA) is 77.2 Å². The van der Waals surface area contributed by atoms with Crippen LogP contribution in [0.1, 0.15) is 37.3 Å². The molecular formula is C21H23N3O3. The fourth-order valence-electron chi connectivity index (χ4n) is 2.88. The number of nitrogens with zero attached hydrogens (tertiary/aromatic N) is 2. The van der Waals surface area contributed by atoms with Crippen LogP contribution in [-0.2, 0) is 11.2 Å². The number of rotatable bonds is 8. The molecule has 0 saturated heterocycles. The molecule has 0 aliphatic rings. The minimum Gasteiger partial charge on any atom is -0.496 e. The molecule has 2 aromatic carbocycles. The standard InChI is InChI=1S/C21H23N3O3/c1-15(17-11-6-7-12-18(17)26-2)22-19(25)13-8-14-20-23-21(24-27-20)16-9-4-3-5-10-16/h3-7,9-12,15H,8,13-14H2,1-2H3,(H,22,25). The Balaban J connectivity index is 1.48. The number of nitrogens with one attached hydrogen (secondary N) is 1. The van der Waals surface area contributed by atoms with Crippen molar-refractivity contribution in [3.63, 3.8) is 0 Å². The Hall–Kier alpha value is -3.15. The van der Waals surface area contributed by atoms with Gasteiger partial charge in [0.25, 0.3) is 0 Å². The van der Waals surface area contributed by atoms with Gasteiger partial charge >= 0.3 is 0 Å². The van der Waals surface area contributed by atoms with E-state index in [1.165, 1.54) is 0 Å². The maximum absolute atomic E-state index is 12.2. The average Bonchev–Trinajstić information content (AvgIpc) is 3.17. The van der Waals surface area contributed by atoms with Crippen LogP contribution in [0.5, 0.6) is 5.75 Å². The van der Waals surface area contributed by atoms with Crippen molar-refractivity contribution in [2.75, 3.05) is 7.11 Å². The van der Waals surface area contributed by atoms with Crippen LogP contribution in [0.3, 0.4) is 0 Å². The Labute approximate surface area is 158 Å². The third kappa shape index (κ3) is 4.94. The molecule has 0 aliphatic carbocycles. The van der Waals surface area contributed by atoms with E-state index in [1.807, 2.05) is 61.5 Å². The van der Waals surface area contributed by atoms with E-state index in [4.69, 9.17) is 9.26 Å². The monoisotopic (exact) mass is 365 g/mol. The third-order valence-corrected chi connectivity index (χ3v) is 4.28. The van der Waals surface area contributed by atoms with E-state index in [0.29, 0.717) is 31.0 Å². The molecule has 0 radical (unpaired) electrons. The number of carbonyl (C=O) groups excluding carboxylic acids is 1. The van der Waals surface area contributed by atoms with Crippen molar-refractivity contribution < 1.29 is 14.1 Å². The lowest BCUT2D eigenvalue weighted by Gasteiger charge is -2.17. The van der Waals surface area contributed by atoms with Crippen molar-refractivity contribution in [1.82, 2.24) is 15.5 Å². The number of amides is 1. The lowest BCUT2D eigenvalue weighted by atomic mass is 10.1. The molecule has 1 atom stereocenters. The van der Waals surface area contributed by atoms with Crippen molar-refractivity contribution in [3.8, 4) is 17.1 Å². The lowest BCUT2D eigenvalue weighted by Crippen LogP contribution is -2.26. The maximum Gasteiger partial charge on any atom is 0.226 e. The molecule has 0 fully saturated rings. The lowest BCUT2D eigenvalue weighted by molar-refractivity contribution is -0.121. The van der Waals surface area contributed by atoms with Crippen molar-refractivity contribution in [2.45, 2.75) is 32.2 Å². The highest BCUT2D eigenvalue weighted by molar-refractivity contribution is 5.76. The fraction of sp³-hybridized carbons (Fsp3) is 0.286. The molecule has 0 aliphatic heterocycles. The summed E-state index contributed by atoms with van der Waals surface area (Å²) in [6.45, 7) is 1.94. The van der Waals surface area contributed by atoms with Gasteiger partial charge in [-0.3, -0.25) is 4.79 Å². The van der Waals surface area contributed by atoms with Crippen LogP contribution in [0, 0.1) is 0 Å². The molecule has 27 heavy (non-hydrogen) atoms. The van der Waals surface area contributed by atoms with Crippen molar-refractivity contribution in [2.24, 2.45) is 0 Å². The number of carbonyl (C=O) groups is 1. The zero-order chi connectivity index (χ0) is 19.1. The smallest absolute Gasteiger partial charge is 0.226 e. The first-order valence-corrected chi connectivity index (χ1v) is 8.97. The summed E-state index contributed by atoms with van der Waals surface area (Å²) in [6, 6.07) is 17.2. The molecule has 1 N–H and O–H groups in total. The van der Waals surface area contributed by atoms with Crippen molar-refractivity contribution in [1.29, 1.82) is 0 Å². The number of aryl methyl sites for hydroxylation is 1. The second-order valence-electron chi connectivity index (χ2n) is 6.26. The van der Waals surface area contributed by atoms with E-state index in [2.05, 4.69) is 15.5 Å². The number of hydrogen-bond donors (Lipinski definition) is 1. The summed E-state index contributed by atoms with van der Waals surface area (Å²) in [5.41, 5.74) is 1.87. The van der Waals surface area contributed by atoms with E-state index in [9.17, 15) is 4.79 Å². The van der Waals surface area contributed by atoms with Crippen molar-refractivity contribution >= 4 is 5.91 Å². The minimum absolute atomic E-state index is 0.0174. The minimum atomic E-state index is -0.123. The second kappa shape index (κ2) is 8.98. The van der Waals surface area contributed by atoms with Gasteiger partial charge in [0, 0.05) is 24.0 Å². The Bertz CT molecular complexity index is 877. The van der Waals surface area contributed by atoms with Crippen LogP contribution >= 0.6 is 0 Å². The van der Waals surface area contributed by atoms with Crippen LogP contribution in [-0.4, -0.2) is 23.2 Å². The highest BCUT2D eigenvalue weighted by Gasteiger charge is 2.14. The van der Waals surface area contributed by atoms with Gasteiger partial charge in [0.2, 0.25) is 17.6 Å². The highest BCUT2D eigenvalue weighted by atomic mass is 16.5. The van der Waals surface area contributed by atoms with Crippen LogP contribution in [0.15, 0.2) is 59.1 Å². The molecule has 1 aromatic heterocycles. The number of benzene rings is 2. The number of hydrogen-bond acceptors (Lipinski definition) is 5. The summed E-state index contributed by atoms with van der Waals surface area (Å²) < 4.78 is 10.6. The predicted molar refractivity (Wildman–Crippen MR) is 102 cm³/mol. The zero-order valence-electron chi connectivity index (χ0n) is 15.5. The summed E-state index contributed by atoms with van der Waals surface area (Å²) in [7, 11) is 1.63. The highest BCUT2D eigenvalue weighted by Crippen LogP contribution is 2.24. The van der Waals surface area contributed by atoms with Gasteiger partial charge in [0.15, 0.2) is 0 Å². The largest absolute Gasteiger partial charge is 0.496 e. The van der Waals surface area contributed by atoms with Gasteiger partial charge in [-0.2, -0.15) is 4.98 Å². The van der Waals surface area contributed by atoms with Crippen molar-refractivity contribution in [3.05, 3.63) is 66.1 Å². The zero-order valence-corrected chi connectivity index (χ0v) is 15.5. The van der Waals surface area contributed by atoms with Gasteiger partial charge in [-0.05, 0) is 19.4 Å². The van der Waals surface area contributed by atoms with E-state index in [-0.39, 0.29) is 11.9 Å². The molecule has 3 rings (SSSR count). The van der Waals surface area contributed by atoms with Gasteiger partial charge in [-0.1, -0.05) is 53.7 Å². The SMILES string of the molecule is COc1ccccc1C(C)NC(=O)CCCc1nc(-c2ccccc2)no1. The Morgan fingerprint density at radius 3 is 2.67 bits per heavy atom. The number of aromatic nitrogens is 2. The molecule has 140 valence electrons. The van der Waals surface area contributed by atoms with Crippen LogP contribution in [0.4, 0.5) is 0 Å². The summed E-state index contributed by atoms with van der Waals surface area (Å²) in [5.74, 6) is 1.86. The van der Waals surface area contributed by atoms with Gasteiger partial charge in [0.1, 0.15) is 5.75 Å². The molecule has 0 spiro atoms. The molecule has 1 heterocycles. The summed E-state index contributed by atoms with van der Waals surface area (Å²) in [6.07, 6.45) is 1.60. The Morgan fingerprint density at radius 1 is 1.15 bits per heavy atom. The molecule has 6 nitrogen and oxygen atoms in total. The second-order valence-corrected chi connectivity index (χ2v) is 6.26. The van der Waals surface area contributed by atoms with Crippen LogP contribution < -0.4 is 10.1 Å². The van der Waals surface area contributed by atoms with Gasteiger partial charge in [-0.25, -0.2) is 0 Å². The van der Waals surface area contributed by atoms with Crippen LogP contribution in [0.2, 0.25) is 0 Å². The van der Waals surface area contributed by atoms with Gasteiger partial charge < -0.3 is 14.6 Å². The Morgan fingerprint density at radius 2 is 1.89 bits per heavy atom. The van der Waals surface area contributed by atoms with Gasteiger partial charge in [-0.15, -0.1) is 0 Å². The van der Waals surface area contributed by atoms with E-state index >= 15 is 0 Å². The van der Waals surface area contributed by atoms with Crippen LogP contribution in [0.25, 0.3) is 11.4 Å². The summed E-state index contributed by atoms with van der Waals surface area (Å²) in [5, 5.41) is 6.99. The molecule has 1 amide bonds. The first-order chi connectivity index (χ1) is 13.2.